The molecule has 5 heterocycles. The molecule has 176 valence electrons. The minimum absolute atomic E-state index is 0.107. The number of halogens is 2. The van der Waals surface area contributed by atoms with Crippen molar-refractivity contribution in [2.45, 2.75) is 26.3 Å². The molecule has 0 radical (unpaired) electrons. The van der Waals surface area contributed by atoms with Crippen LogP contribution in [-0.2, 0) is 4.79 Å². The van der Waals surface area contributed by atoms with Crippen molar-refractivity contribution >= 4 is 45.7 Å². The fourth-order valence-corrected chi connectivity index (χ4v) is 5.44. The minimum Gasteiger partial charge on any atom is -0.341 e. The SMILES string of the molecule is CC(=O)N1CC[C@H](n2cc(-c3cnc4ccn5c(C)c(-c6c(Cl)cccc6Cl)nc5c4c3)cn2)C1. The summed E-state index contributed by atoms with van der Waals surface area (Å²) in [7, 11) is 0. The van der Waals surface area contributed by atoms with Crippen LogP contribution in [0.25, 0.3) is 38.9 Å². The molecule has 1 saturated heterocycles. The monoisotopic (exact) mass is 504 g/mol. The summed E-state index contributed by atoms with van der Waals surface area (Å²) in [4.78, 5) is 23.2. The number of pyridine rings is 2. The third-order valence-corrected chi connectivity index (χ3v) is 7.44. The Kier molecular flexibility index (Phi) is 5.27. The topological polar surface area (TPSA) is 68.3 Å². The van der Waals surface area contributed by atoms with E-state index in [0.29, 0.717) is 16.6 Å². The molecule has 0 unspecified atom stereocenters. The number of benzene rings is 1. The highest BCUT2D eigenvalue weighted by atomic mass is 35.5. The van der Waals surface area contributed by atoms with Crippen molar-refractivity contribution in [1.29, 1.82) is 0 Å². The van der Waals surface area contributed by atoms with Gasteiger partial charge in [0.25, 0.3) is 0 Å². The van der Waals surface area contributed by atoms with Crippen molar-refractivity contribution < 1.29 is 4.79 Å². The van der Waals surface area contributed by atoms with Crippen LogP contribution >= 0.6 is 23.2 Å². The fourth-order valence-electron chi connectivity index (χ4n) is 4.87. The van der Waals surface area contributed by atoms with Crippen LogP contribution in [-0.4, -0.2) is 48.0 Å². The summed E-state index contributed by atoms with van der Waals surface area (Å²) in [6.07, 6.45) is 8.62. The van der Waals surface area contributed by atoms with Crippen LogP contribution < -0.4 is 0 Å². The highest BCUT2D eigenvalue weighted by molar-refractivity contribution is 6.39. The van der Waals surface area contributed by atoms with Gasteiger partial charge in [0.05, 0.1) is 33.5 Å². The van der Waals surface area contributed by atoms with Gasteiger partial charge in [-0.05, 0) is 37.6 Å². The van der Waals surface area contributed by atoms with Crippen LogP contribution in [0.4, 0.5) is 0 Å². The molecule has 0 aliphatic carbocycles. The average Bonchev–Trinajstić information content (AvgIpc) is 3.58. The third-order valence-electron chi connectivity index (χ3n) is 6.81. The van der Waals surface area contributed by atoms with Crippen LogP contribution in [0.15, 0.2) is 55.1 Å². The first-order valence-electron chi connectivity index (χ1n) is 11.4. The van der Waals surface area contributed by atoms with Crippen molar-refractivity contribution in [3.05, 3.63) is 70.9 Å². The number of aromatic nitrogens is 5. The van der Waals surface area contributed by atoms with E-state index in [0.717, 1.165) is 57.6 Å². The van der Waals surface area contributed by atoms with E-state index in [-0.39, 0.29) is 11.9 Å². The lowest BCUT2D eigenvalue weighted by Gasteiger charge is -2.13. The molecular weight excluding hydrogens is 483 g/mol. The Hall–Kier alpha value is -3.42. The quantitative estimate of drug-likeness (QED) is 0.310. The van der Waals surface area contributed by atoms with Crippen molar-refractivity contribution in [2.75, 3.05) is 13.1 Å². The van der Waals surface area contributed by atoms with Crippen molar-refractivity contribution in [3.63, 3.8) is 0 Å². The van der Waals surface area contributed by atoms with Crippen LogP contribution in [0.1, 0.15) is 25.1 Å². The molecule has 0 saturated carbocycles. The zero-order chi connectivity index (χ0) is 24.3. The number of carbonyl (C=O) groups is 1. The first-order valence-corrected chi connectivity index (χ1v) is 12.2. The van der Waals surface area contributed by atoms with E-state index in [1.165, 1.54) is 0 Å². The zero-order valence-corrected chi connectivity index (χ0v) is 20.8. The summed E-state index contributed by atoms with van der Waals surface area (Å²) >= 11 is 13.0. The van der Waals surface area contributed by atoms with Crippen LogP contribution in [0, 0.1) is 6.92 Å². The smallest absolute Gasteiger partial charge is 0.219 e. The lowest BCUT2D eigenvalue weighted by atomic mass is 10.1. The summed E-state index contributed by atoms with van der Waals surface area (Å²) in [5.41, 5.74) is 6.00. The Morgan fingerprint density at radius 1 is 1.11 bits per heavy atom. The highest BCUT2D eigenvalue weighted by Gasteiger charge is 2.26. The molecule has 1 amide bonds. The number of fused-ring (bicyclic) bond motifs is 3. The molecule has 1 atom stereocenters. The largest absolute Gasteiger partial charge is 0.341 e. The van der Waals surface area contributed by atoms with Gasteiger partial charge in [-0.25, -0.2) is 4.98 Å². The summed E-state index contributed by atoms with van der Waals surface area (Å²) in [6.45, 7) is 5.07. The van der Waals surface area contributed by atoms with Gasteiger partial charge in [-0.15, -0.1) is 0 Å². The molecule has 4 aromatic heterocycles. The molecule has 0 bridgehead atoms. The molecule has 1 aliphatic rings. The normalized spacial score (nSPS) is 16.0. The number of aryl methyl sites for hydroxylation is 1. The molecule has 7 nitrogen and oxygen atoms in total. The molecule has 1 fully saturated rings. The standard InChI is InChI=1S/C26H22Cl2N6O/c1-15-25(24-21(27)4-3-5-22(24)28)31-26-20-10-17(11-29-23(20)7-9-33(15)26)18-12-30-34(13-18)19-6-8-32(14-19)16(2)35/h3-5,7,9-13,19H,6,8,14H2,1-2H3/t19-/m0/s1. The van der Waals surface area contributed by atoms with Gasteiger partial charge < -0.3 is 9.30 Å². The Morgan fingerprint density at radius 3 is 2.66 bits per heavy atom. The number of hydrogen-bond acceptors (Lipinski definition) is 4. The van der Waals surface area contributed by atoms with Crippen LogP contribution in [0.2, 0.25) is 10.0 Å². The highest BCUT2D eigenvalue weighted by Crippen LogP contribution is 2.37. The summed E-state index contributed by atoms with van der Waals surface area (Å²) in [5, 5.41) is 6.65. The van der Waals surface area contributed by atoms with Crippen molar-refractivity contribution in [3.8, 4) is 22.4 Å². The Bertz CT molecular complexity index is 1600. The van der Waals surface area contributed by atoms with Gasteiger partial charge in [0.1, 0.15) is 5.65 Å². The lowest BCUT2D eigenvalue weighted by Crippen LogP contribution is -2.26. The Labute approximate surface area is 211 Å². The number of hydrogen-bond donors (Lipinski definition) is 0. The molecule has 1 aromatic carbocycles. The van der Waals surface area contributed by atoms with E-state index in [9.17, 15) is 4.79 Å². The molecule has 0 N–H and O–H groups in total. The molecule has 35 heavy (non-hydrogen) atoms. The van der Waals surface area contributed by atoms with E-state index in [1.54, 1.807) is 6.92 Å². The predicted molar refractivity (Wildman–Crippen MR) is 138 cm³/mol. The summed E-state index contributed by atoms with van der Waals surface area (Å²) < 4.78 is 4.00. The maximum Gasteiger partial charge on any atom is 0.219 e. The Balaban J connectivity index is 1.43. The fraction of sp³-hybridized carbons (Fsp3) is 0.231. The van der Waals surface area contributed by atoms with Gasteiger partial charge in [-0.3, -0.25) is 14.5 Å². The number of imidazole rings is 1. The Morgan fingerprint density at radius 2 is 1.91 bits per heavy atom. The minimum atomic E-state index is 0.107. The van der Waals surface area contributed by atoms with E-state index < -0.39 is 0 Å². The number of likely N-dealkylation sites (tertiary alicyclic amines) is 1. The van der Waals surface area contributed by atoms with E-state index in [2.05, 4.69) is 11.2 Å². The number of nitrogens with zero attached hydrogens (tertiary/aromatic N) is 6. The van der Waals surface area contributed by atoms with Gasteiger partial charge >= 0.3 is 0 Å². The predicted octanol–water partition coefficient (Wildman–Crippen LogP) is 5.82. The number of carbonyl (C=O) groups excluding carboxylic acids is 1. The molecule has 6 rings (SSSR count). The summed E-state index contributed by atoms with van der Waals surface area (Å²) in [5.74, 6) is 0.107. The average molecular weight is 505 g/mol. The maximum atomic E-state index is 11.7. The van der Waals surface area contributed by atoms with E-state index in [1.807, 2.05) is 70.0 Å². The van der Waals surface area contributed by atoms with Gasteiger partial charge in [-0.2, -0.15) is 5.10 Å². The third kappa shape index (κ3) is 3.66. The van der Waals surface area contributed by atoms with E-state index >= 15 is 0 Å². The lowest BCUT2D eigenvalue weighted by molar-refractivity contribution is -0.127. The second-order valence-electron chi connectivity index (χ2n) is 8.93. The van der Waals surface area contributed by atoms with Crippen molar-refractivity contribution in [2.24, 2.45) is 0 Å². The zero-order valence-electron chi connectivity index (χ0n) is 19.2. The summed E-state index contributed by atoms with van der Waals surface area (Å²) in [6, 6.07) is 9.74. The van der Waals surface area contributed by atoms with Crippen molar-refractivity contribution in [1.82, 2.24) is 29.0 Å². The van der Waals surface area contributed by atoms with Crippen LogP contribution in [0.3, 0.4) is 0 Å². The number of rotatable bonds is 3. The maximum absolute atomic E-state index is 11.7. The number of amides is 1. The van der Waals surface area contributed by atoms with Gasteiger partial charge in [0.15, 0.2) is 0 Å². The molecule has 9 heteroatoms. The first kappa shape index (κ1) is 22.1. The van der Waals surface area contributed by atoms with Crippen LogP contribution in [0.5, 0.6) is 0 Å². The molecular formula is C26H22Cl2N6O. The van der Waals surface area contributed by atoms with Gasteiger partial charge in [0, 0.05) is 66.4 Å². The second-order valence-corrected chi connectivity index (χ2v) is 9.74. The van der Waals surface area contributed by atoms with Gasteiger partial charge in [-0.1, -0.05) is 29.3 Å². The van der Waals surface area contributed by atoms with E-state index in [4.69, 9.17) is 33.2 Å². The first-order chi connectivity index (χ1) is 16.9. The molecule has 1 aliphatic heterocycles. The second kappa shape index (κ2) is 8.36. The van der Waals surface area contributed by atoms with Gasteiger partial charge in [0.2, 0.25) is 5.91 Å². The molecule has 0 spiro atoms. The molecule has 5 aromatic rings.